The highest BCUT2D eigenvalue weighted by atomic mass is 19.1. The predicted molar refractivity (Wildman–Crippen MR) is 118 cm³/mol. The van der Waals surface area contributed by atoms with E-state index in [2.05, 4.69) is 25.4 Å². The molecule has 8 heteroatoms. The van der Waals surface area contributed by atoms with Gasteiger partial charge in [-0.2, -0.15) is 0 Å². The minimum absolute atomic E-state index is 0.114. The molecule has 2 aromatic carbocycles. The van der Waals surface area contributed by atoms with Gasteiger partial charge >= 0.3 is 0 Å². The van der Waals surface area contributed by atoms with Gasteiger partial charge in [0, 0.05) is 57.6 Å². The van der Waals surface area contributed by atoms with Gasteiger partial charge in [-0.05, 0) is 36.4 Å². The number of halogens is 1. The van der Waals surface area contributed by atoms with E-state index in [0.29, 0.717) is 24.6 Å². The molecule has 1 saturated heterocycles. The molecule has 2 N–H and O–H groups in total. The van der Waals surface area contributed by atoms with Crippen molar-refractivity contribution in [2.45, 2.75) is 6.92 Å². The number of ether oxygens (including phenoxy) is 1. The molecule has 1 amide bonds. The highest BCUT2D eigenvalue weighted by Crippen LogP contribution is 2.18. The molecule has 0 aromatic heterocycles. The van der Waals surface area contributed by atoms with E-state index < -0.39 is 0 Å². The molecule has 2 aromatic rings. The van der Waals surface area contributed by atoms with Crippen LogP contribution in [-0.4, -0.2) is 63.1 Å². The predicted octanol–water partition coefficient (Wildman–Crippen LogP) is 2.56. The second kappa shape index (κ2) is 10.5. The van der Waals surface area contributed by atoms with Crippen LogP contribution in [0.15, 0.2) is 53.5 Å². The highest BCUT2D eigenvalue weighted by Gasteiger charge is 2.19. The van der Waals surface area contributed by atoms with Crippen LogP contribution in [0.4, 0.5) is 15.8 Å². The van der Waals surface area contributed by atoms with E-state index >= 15 is 0 Å². The largest absolute Gasteiger partial charge is 0.492 e. The average molecular weight is 413 g/mol. The van der Waals surface area contributed by atoms with Crippen LogP contribution in [0.2, 0.25) is 0 Å². The highest BCUT2D eigenvalue weighted by molar-refractivity contribution is 5.88. The lowest BCUT2D eigenvalue weighted by Gasteiger charge is -2.37. The number of amides is 1. The zero-order valence-electron chi connectivity index (χ0n) is 17.4. The molecule has 1 aliphatic rings. The Labute approximate surface area is 176 Å². The van der Waals surface area contributed by atoms with Crippen LogP contribution in [0.3, 0.4) is 0 Å². The standard InChI is InChI=1S/C22H28FN5O2/c1-17(29)26-19-4-3-5-21(16-19)30-15-10-25-22(24-2)28-13-11-27(12-14-28)20-8-6-18(23)7-9-20/h3-9,16H,10-15H2,1-2H3,(H,24,25)(H,26,29). The maximum atomic E-state index is 13.1. The average Bonchev–Trinajstić information content (AvgIpc) is 2.74. The monoisotopic (exact) mass is 413 g/mol. The van der Waals surface area contributed by atoms with Crippen LogP contribution < -0.4 is 20.3 Å². The van der Waals surface area contributed by atoms with E-state index in [0.717, 1.165) is 37.8 Å². The third-order valence-electron chi connectivity index (χ3n) is 4.79. The lowest BCUT2D eigenvalue weighted by Crippen LogP contribution is -2.53. The molecule has 0 radical (unpaired) electrons. The summed E-state index contributed by atoms with van der Waals surface area (Å²) in [6.07, 6.45) is 0. The van der Waals surface area contributed by atoms with E-state index in [1.54, 1.807) is 13.1 Å². The van der Waals surface area contributed by atoms with Crippen LogP contribution in [-0.2, 0) is 4.79 Å². The number of carbonyl (C=O) groups is 1. The van der Waals surface area contributed by atoms with Crippen molar-refractivity contribution in [1.29, 1.82) is 0 Å². The summed E-state index contributed by atoms with van der Waals surface area (Å²) in [5.74, 6) is 1.21. The number of hydrogen-bond donors (Lipinski definition) is 2. The van der Waals surface area contributed by atoms with E-state index in [1.807, 2.05) is 30.3 Å². The van der Waals surface area contributed by atoms with Crippen molar-refractivity contribution in [3.05, 3.63) is 54.3 Å². The Morgan fingerprint density at radius 3 is 2.53 bits per heavy atom. The molecule has 0 saturated carbocycles. The second-order valence-corrected chi connectivity index (χ2v) is 6.98. The van der Waals surface area contributed by atoms with Crippen molar-refractivity contribution >= 4 is 23.2 Å². The Balaban J connectivity index is 1.42. The molecule has 0 bridgehead atoms. The first-order valence-electron chi connectivity index (χ1n) is 10.0. The van der Waals surface area contributed by atoms with Crippen molar-refractivity contribution in [1.82, 2.24) is 10.2 Å². The molecule has 30 heavy (non-hydrogen) atoms. The van der Waals surface area contributed by atoms with Crippen LogP contribution in [0.1, 0.15) is 6.92 Å². The van der Waals surface area contributed by atoms with Crippen molar-refractivity contribution in [2.24, 2.45) is 4.99 Å². The number of benzene rings is 2. The van der Waals surface area contributed by atoms with Crippen LogP contribution >= 0.6 is 0 Å². The molecule has 0 atom stereocenters. The van der Waals surface area contributed by atoms with Gasteiger partial charge in [0.15, 0.2) is 5.96 Å². The summed E-state index contributed by atoms with van der Waals surface area (Å²) in [7, 11) is 1.77. The molecule has 1 fully saturated rings. The summed E-state index contributed by atoms with van der Waals surface area (Å²) in [5, 5.41) is 6.07. The first-order valence-corrected chi connectivity index (χ1v) is 10.0. The van der Waals surface area contributed by atoms with Gasteiger partial charge in [-0.1, -0.05) is 6.07 Å². The van der Waals surface area contributed by atoms with Crippen LogP contribution in [0, 0.1) is 5.82 Å². The van der Waals surface area contributed by atoms with Gasteiger partial charge in [-0.3, -0.25) is 9.79 Å². The Bertz CT molecular complexity index is 864. The number of anilines is 2. The first kappa shape index (κ1) is 21.4. The van der Waals surface area contributed by atoms with Crippen molar-refractivity contribution < 1.29 is 13.9 Å². The SMILES string of the molecule is CN=C(NCCOc1cccc(NC(C)=O)c1)N1CCN(c2ccc(F)cc2)CC1. The van der Waals surface area contributed by atoms with E-state index in [9.17, 15) is 9.18 Å². The maximum Gasteiger partial charge on any atom is 0.221 e. The maximum absolute atomic E-state index is 13.1. The summed E-state index contributed by atoms with van der Waals surface area (Å²) in [6, 6.07) is 13.9. The number of carbonyl (C=O) groups excluding carboxylic acids is 1. The Morgan fingerprint density at radius 1 is 1.13 bits per heavy atom. The Hall–Kier alpha value is -3.29. The summed E-state index contributed by atoms with van der Waals surface area (Å²) in [4.78, 5) is 20.0. The fourth-order valence-electron chi connectivity index (χ4n) is 3.36. The third kappa shape index (κ3) is 6.10. The third-order valence-corrected chi connectivity index (χ3v) is 4.79. The van der Waals surface area contributed by atoms with Crippen LogP contribution in [0.25, 0.3) is 0 Å². The van der Waals surface area contributed by atoms with E-state index in [-0.39, 0.29) is 11.7 Å². The lowest BCUT2D eigenvalue weighted by atomic mass is 10.2. The molecule has 160 valence electrons. The zero-order valence-corrected chi connectivity index (χ0v) is 17.4. The van der Waals surface area contributed by atoms with Crippen molar-refractivity contribution in [3.63, 3.8) is 0 Å². The fourth-order valence-corrected chi connectivity index (χ4v) is 3.36. The second-order valence-electron chi connectivity index (χ2n) is 6.98. The van der Waals surface area contributed by atoms with Gasteiger partial charge in [0.25, 0.3) is 0 Å². The number of guanidine groups is 1. The van der Waals surface area contributed by atoms with E-state index in [1.165, 1.54) is 19.1 Å². The fraction of sp³-hybridized carbons (Fsp3) is 0.364. The number of aliphatic imine (C=N–C) groups is 1. The number of nitrogens with zero attached hydrogens (tertiary/aromatic N) is 3. The van der Waals surface area contributed by atoms with Gasteiger partial charge in [0.05, 0.1) is 6.54 Å². The molecule has 3 rings (SSSR count). The zero-order chi connectivity index (χ0) is 21.3. The minimum Gasteiger partial charge on any atom is -0.492 e. The first-order chi connectivity index (χ1) is 14.5. The van der Waals surface area contributed by atoms with Crippen LogP contribution in [0.5, 0.6) is 5.75 Å². The number of rotatable bonds is 6. The molecule has 1 heterocycles. The molecular formula is C22H28FN5O2. The van der Waals surface area contributed by atoms with Gasteiger partial charge in [0.2, 0.25) is 5.91 Å². The molecule has 0 aliphatic carbocycles. The van der Waals surface area contributed by atoms with E-state index in [4.69, 9.17) is 4.74 Å². The summed E-state index contributed by atoms with van der Waals surface area (Å²) < 4.78 is 18.9. The molecular weight excluding hydrogens is 385 g/mol. The van der Waals surface area contributed by atoms with Crippen molar-refractivity contribution in [2.75, 3.05) is 56.6 Å². The lowest BCUT2D eigenvalue weighted by molar-refractivity contribution is -0.114. The number of piperazine rings is 1. The van der Waals surface area contributed by atoms with Gasteiger partial charge in [-0.15, -0.1) is 0 Å². The van der Waals surface area contributed by atoms with Gasteiger partial charge in [0.1, 0.15) is 18.2 Å². The quantitative estimate of drug-likeness (QED) is 0.433. The molecule has 7 nitrogen and oxygen atoms in total. The summed E-state index contributed by atoms with van der Waals surface area (Å²) >= 11 is 0. The Morgan fingerprint density at radius 2 is 1.87 bits per heavy atom. The van der Waals surface area contributed by atoms with Gasteiger partial charge in [-0.25, -0.2) is 4.39 Å². The summed E-state index contributed by atoms with van der Waals surface area (Å²) in [6.45, 7) is 5.90. The minimum atomic E-state index is -0.217. The number of hydrogen-bond acceptors (Lipinski definition) is 4. The number of nitrogens with one attached hydrogen (secondary N) is 2. The molecule has 0 unspecified atom stereocenters. The van der Waals surface area contributed by atoms with Gasteiger partial charge < -0.3 is 25.2 Å². The summed E-state index contributed by atoms with van der Waals surface area (Å²) in [5.41, 5.74) is 1.75. The molecule has 1 aliphatic heterocycles. The smallest absolute Gasteiger partial charge is 0.221 e. The Kier molecular flexibility index (Phi) is 7.48. The molecule has 0 spiro atoms. The van der Waals surface area contributed by atoms with Crippen molar-refractivity contribution in [3.8, 4) is 5.75 Å². The topological polar surface area (TPSA) is 69.2 Å². The normalized spacial score (nSPS) is 14.4.